The molecule has 16 heavy (non-hydrogen) atoms. The Hall–Kier alpha value is -0.890. The first kappa shape index (κ1) is 13.2. The van der Waals surface area contributed by atoms with Crippen LogP contribution in [0.4, 0.5) is 4.39 Å². The SMILES string of the molecule is CCCC(CCC)C(O)c1ccc(F)cc1. The van der Waals surface area contributed by atoms with Crippen molar-refractivity contribution in [2.24, 2.45) is 5.92 Å². The molecule has 90 valence electrons. The lowest BCUT2D eigenvalue weighted by Gasteiger charge is -2.22. The molecule has 1 aromatic rings. The predicted molar refractivity (Wildman–Crippen MR) is 64.7 cm³/mol. The molecule has 0 saturated carbocycles. The van der Waals surface area contributed by atoms with Gasteiger partial charge in [-0.25, -0.2) is 4.39 Å². The van der Waals surface area contributed by atoms with E-state index in [1.165, 1.54) is 12.1 Å². The summed E-state index contributed by atoms with van der Waals surface area (Å²) in [6, 6.07) is 6.18. The van der Waals surface area contributed by atoms with Crippen LogP contribution in [0.5, 0.6) is 0 Å². The van der Waals surface area contributed by atoms with E-state index in [9.17, 15) is 9.50 Å². The van der Waals surface area contributed by atoms with Gasteiger partial charge in [0, 0.05) is 0 Å². The van der Waals surface area contributed by atoms with Gasteiger partial charge in [0.1, 0.15) is 5.82 Å². The predicted octanol–water partition coefficient (Wildman–Crippen LogP) is 4.08. The van der Waals surface area contributed by atoms with E-state index >= 15 is 0 Å². The number of aliphatic hydroxyl groups excluding tert-OH is 1. The Kier molecular flexibility index (Phi) is 5.47. The standard InChI is InChI=1S/C14H21FO/c1-3-5-11(6-4-2)14(16)12-7-9-13(15)10-8-12/h7-11,14,16H,3-6H2,1-2H3. The fourth-order valence-electron chi connectivity index (χ4n) is 2.13. The lowest BCUT2D eigenvalue weighted by Crippen LogP contribution is -2.12. The summed E-state index contributed by atoms with van der Waals surface area (Å²) in [5, 5.41) is 10.2. The summed E-state index contributed by atoms with van der Waals surface area (Å²) < 4.78 is 12.8. The monoisotopic (exact) mass is 224 g/mol. The zero-order valence-electron chi connectivity index (χ0n) is 10.1. The molecule has 0 aliphatic carbocycles. The van der Waals surface area contributed by atoms with Crippen molar-refractivity contribution in [2.75, 3.05) is 0 Å². The van der Waals surface area contributed by atoms with Crippen molar-refractivity contribution in [3.05, 3.63) is 35.6 Å². The second-order valence-corrected chi connectivity index (χ2v) is 4.33. The zero-order valence-corrected chi connectivity index (χ0v) is 10.1. The van der Waals surface area contributed by atoms with Crippen molar-refractivity contribution in [1.29, 1.82) is 0 Å². The van der Waals surface area contributed by atoms with Crippen LogP contribution in [0.25, 0.3) is 0 Å². The summed E-state index contributed by atoms with van der Waals surface area (Å²) >= 11 is 0. The summed E-state index contributed by atoms with van der Waals surface area (Å²) in [5.41, 5.74) is 0.827. The molecule has 0 aromatic heterocycles. The van der Waals surface area contributed by atoms with Gasteiger partial charge in [-0.1, -0.05) is 38.8 Å². The molecule has 0 aliphatic heterocycles. The summed E-state index contributed by atoms with van der Waals surface area (Å²) in [7, 11) is 0. The van der Waals surface area contributed by atoms with Crippen molar-refractivity contribution in [2.45, 2.75) is 45.6 Å². The zero-order chi connectivity index (χ0) is 12.0. The molecule has 1 nitrogen and oxygen atoms in total. The van der Waals surface area contributed by atoms with Gasteiger partial charge in [0.25, 0.3) is 0 Å². The number of rotatable bonds is 6. The molecule has 1 aromatic carbocycles. The third-order valence-electron chi connectivity index (χ3n) is 2.98. The van der Waals surface area contributed by atoms with Gasteiger partial charge < -0.3 is 5.11 Å². The average molecular weight is 224 g/mol. The number of halogens is 1. The van der Waals surface area contributed by atoms with Crippen LogP contribution in [-0.2, 0) is 0 Å². The van der Waals surface area contributed by atoms with Crippen molar-refractivity contribution in [3.63, 3.8) is 0 Å². The molecule has 0 heterocycles. The van der Waals surface area contributed by atoms with Crippen molar-refractivity contribution >= 4 is 0 Å². The minimum atomic E-state index is -0.458. The summed E-state index contributed by atoms with van der Waals surface area (Å²) in [5.74, 6) is 0.0407. The summed E-state index contributed by atoms with van der Waals surface area (Å²) in [6.45, 7) is 4.25. The molecule has 0 aliphatic rings. The first-order chi connectivity index (χ1) is 7.69. The second kappa shape index (κ2) is 6.64. The van der Waals surface area contributed by atoms with E-state index in [-0.39, 0.29) is 5.82 Å². The molecular formula is C14H21FO. The van der Waals surface area contributed by atoms with Crippen molar-refractivity contribution in [1.82, 2.24) is 0 Å². The van der Waals surface area contributed by atoms with E-state index in [0.717, 1.165) is 31.2 Å². The molecule has 0 fully saturated rings. The quantitative estimate of drug-likeness (QED) is 0.772. The molecule has 1 atom stereocenters. The second-order valence-electron chi connectivity index (χ2n) is 4.33. The van der Waals surface area contributed by atoms with E-state index in [4.69, 9.17) is 0 Å². The normalized spacial score (nSPS) is 13.1. The van der Waals surface area contributed by atoms with Crippen LogP contribution >= 0.6 is 0 Å². The van der Waals surface area contributed by atoms with E-state index in [2.05, 4.69) is 13.8 Å². The van der Waals surface area contributed by atoms with Crippen LogP contribution in [0.1, 0.15) is 51.2 Å². The van der Waals surface area contributed by atoms with Crippen molar-refractivity contribution < 1.29 is 9.50 Å². The van der Waals surface area contributed by atoms with Gasteiger partial charge in [-0.2, -0.15) is 0 Å². The Balaban J connectivity index is 2.72. The molecule has 0 amide bonds. The van der Waals surface area contributed by atoms with Gasteiger partial charge in [0.15, 0.2) is 0 Å². The number of aliphatic hydroxyl groups is 1. The Bertz CT molecular complexity index is 288. The van der Waals surface area contributed by atoms with E-state index in [0.29, 0.717) is 5.92 Å². The third-order valence-corrected chi connectivity index (χ3v) is 2.98. The maximum Gasteiger partial charge on any atom is 0.123 e. The summed E-state index contributed by atoms with van der Waals surface area (Å²) in [4.78, 5) is 0. The Morgan fingerprint density at radius 3 is 2.00 bits per heavy atom. The van der Waals surface area contributed by atoms with Crippen LogP contribution in [0.2, 0.25) is 0 Å². The van der Waals surface area contributed by atoms with Crippen LogP contribution < -0.4 is 0 Å². The number of hydrogen-bond donors (Lipinski definition) is 1. The van der Waals surface area contributed by atoms with Crippen LogP contribution in [0.3, 0.4) is 0 Å². The van der Waals surface area contributed by atoms with Gasteiger partial charge in [-0.05, 0) is 36.5 Å². The fourth-order valence-corrected chi connectivity index (χ4v) is 2.13. The third kappa shape index (κ3) is 3.60. The molecule has 1 unspecified atom stereocenters. The van der Waals surface area contributed by atoms with E-state index < -0.39 is 6.10 Å². The largest absolute Gasteiger partial charge is 0.388 e. The highest BCUT2D eigenvalue weighted by Crippen LogP contribution is 2.29. The van der Waals surface area contributed by atoms with Gasteiger partial charge >= 0.3 is 0 Å². The highest BCUT2D eigenvalue weighted by atomic mass is 19.1. The van der Waals surface area contributed by atoms with E-state index in [1.54, 1.807) is 12.1 Å². The molecular weight excluding hydrogens is 203 g/mol. The maximum absolute atomic E-state index is 12.8. The molecule has 2 heteroatoms. The maximum atomic E-state index is 12.8. The molecule has 0 saturated heterocycles. The Morgan fingerprint density at radius 1 is 1.06 bits per heavy atom. The Morgan fingerprint density at radius 2 is 1.56 bits per heavy atom. The van der Waals surface area contributed by atoms with Crippen LogP contribution in [-0.4, -0.2) is 5.11 Å². The number of benzene rings is 1. The lowest BCUT2D eigenvalue weighted by molar-refractivity contribution is 0.0964. The minimum Gasteiger partial charge on any atom is -0.388 e. The Labute approximate surface area is 97.3 Å². The minimum absolute atomic E-state index is 0.251. The number of hydrogen-bond acceptors (Lipinski definition) is 1. The van der Waals surface area contributed by atoms with Crippen molar-refractivity contribution in [3.8, 4) is 0 Å². The van der Waals surface area contributed by atoms with Gasteiger partial charge in [0.05, 0.1) is 6.10 Å². The topological polar surface area (TPSA) is 20.2 Å². The first-order valence-electron chi connectivity index (χ1n) is 6.12. The average Bonchev–Trinajstić information content (AvgIpc) is 2.29. The first-order valence-corrected chi connectivity index (χ1v) is 6.12. The molecule has 0 bridgehead atoms. The molecule has 1 rings (SSSR count). The lowest BCUT2D eigenvalue weighted by atomic mass is 9.88. The van der Waals surface area contributed by atoms with Gasteiger partial charge in [-0.3, -0.25) is 0 Å². The molecule has 0 spiro atoms. The molecule has 1 N–H and O–H groups in total. The summed E-state index contributed by atoms with van der Waals surface area (Å²) in [6.07, 6.45) is 3.73. The highest BCUT2D eigenvalue weighted by Gasteiger charge is 2.19. The van der Waals surface area contributed by atoms with Gasteiger partial charge in [-0.15, -0.1) is 0 Å². The van der Waals surface area contributed by atoms with Crippen LogP contribution in [0, 0.1) is 11.7 Å². The van der Waals surface area contributed by atoms with E-state index in [1.807, 2.05) is 0 Å². The highest BCUT2D eigenvalue weighted by molar-refractivity contribution is 5.19. The molecule has 0 radical (unpaired) electrons. The fraction of sp³-hybridized carbons (Fsp3) is 0.571. The van der Waals surface area contributed by atoms with Crippen LogP contribution in [0.15, 0.2) is 24.3 Å². The van der Waals surface area contributed by atoms with Gasteiger partial charge in [0.2, 0.25) is 0 Å². The smallest absolute Gasteiger partial charge is 0.123 e.